The van der Waals surface area contributed by atoms with E-state index in [2.05, 4.69) is 18.7 Å². The molecule has 0 aromatic heterocycles. The Morgan fingerprint density at radius 3 is 2.04 bits per heavy atom. The highest BCUT2D eigenvalue weighted by molar-refractivity contribution is 6.08. The van der Waals surface area contributed by atoms with Crippen molar-refractivity contribution in [2.45, 2.75) is 13.8 Å². The van der Waals surface area contributed by atoms with Gasteiger partial charge >= 0.3 is 5.97 Å². The summed E-state index contributed by atoms with van der Waals surface area (Å²) in [5, 5.41) is 0. The van der Waals surface area contributed by atoms with E-state index in [-0.39, 0.29) is 12.5 Å². The number of carbonyl (C=O) groups excluding carboxylic acids is 2. The first-order chi connectivity index (χ1) is 12.7. The van der Waals surface area contributed by atoms with Crippen LogP contribution in [0.15, 0.2) is 60.7 Å². The van der Waals surface area contributed by atoms with Crippen LogP contribution in [-0.4, -0.2) is 49.6 Å². The molecule has 2 aromatic carbocycles. The quantitative estimate of drug-likeness (QED) is 0.649. The molecule has 0 spiro atoms. The molecule has 0 aliphatic heterocycles. The van der Waals surface area contributed by atoms with Crippen LogP contribution in [0.3, 0.4) is 0 Å². The number of likely N-dealkylation sites (N-methyl/N-ethyl adjacent to an activating group) is 1. The Morgan fingerprint density at radius 2 is 1.46 bits per heavy atom. The fourth-order valence-corrected chi connectivity index (χ4v) is 2.63. The molecule has 0 aliphatic rings. The Bertz CT molecular complexity index is 685. The molecule has 5 heteroatoms. The second-order valence-electron chi connectivity index (χ2n) is 5.84. The third kappa shape index (κ3) is 5.70. The predicted molar refractivity (Wildman–Crippen MR) is 103 cm³/mol. The zero-order chi connectivity index (χ0) is 18.8. The summed E-state index contributed by atoms with van der Waals surface area (Å²) in [5.74, 6) is -0.636. The molecule has 5 nitrogen and oxygen atoms in total. The standard InChI is InChI=1S/C21H26N2O3/c1-3-22(4-2)15-16-26-20(24)17-23(19-13-9-6-10-14-19)21(25)18-11-7-5-8-12-18/h5-14H,3-4,15-17H2,1-2H3. The van der Waals surface area contributed by atoms with Crippen LogP contribution in [-0.2, 0) is 9.53 Å². The lowest BCUT2D eigenvalue weighted by Crippen LogP contribution is -2.37. The minimum absolute atomic E-state index is 0.115. The average molecular weight is 354 g/mol. The highest BCUT2D eigenvalue weighted by Gasteiger charge is 2.21. The lowest BCUT2D eigenvalue weighted by Gasteiger charge is -2.23. The lowest BCUT2D eigenvalue weighted by molar-refractivity contribution is -0.142. The van der Waals surface area contributed by atoms with Crippen LogP contribution in [0.5, 0.6) is 0 Å². The van der Waals surface area contributed by atoms with E-state index in [1.165, 1.54) is 4.90 Å². The smallest absolute Gasteiger partial charge is 0.326 e. The number of para-hydroxylation sites is 1. The van der Waals surface area contributed by atoms with Crippen LogP contribution in [0.2, 0.25) is 0 Å². The molecule has 0 saturated heterocycles. The summed E-state index contributed by atoms with van der Waals surface area (Å²) < 4.78 is 5.34. The number of esters is 1. The third-order valence-electron chi connectivity index (χ3n) is 4.19. The van der Waals surface area contributed by atoms with Gasteiger partial charge in [-0.1, -0.05) is 50.2 Å². The Kier molecular flexibility index (Phi) is 7.83. The summed E-state index contributed by atoms with van der Waals surface area (Å²) in [6.07, 6.45) is 0. The van der Waals surface area contributed by atoms with E-state index in [1.807, 2.05) is 36.4 Å². The molecule has 0 fully saturated rings. The van der Waals surface area contributed by atoms with E-state index in [0.717, 1.165) is 13.1 Å². The van der Waals surface area contributed by atoms with Crippen molar-refractivity contribution in [3.05, 3.63) is 66.2 Å². The molecular formula is C21H26N2O3. The van der Waals surface area contributed by atoms with Crippen LogP contribution in [0.1, 0.15) is 24.2 Å². The molecule has 2 aromatic rings. The van der Waals surface area contributed by atoms with Gasteiger partial charge in [-0.3, -0.25) is 14.5 Å². The highest BCUT2D eigenvalue weighted by Crippen LogP contribution is 2.17. The molecule has 0 radical (unpaired) electrons. The summed E-state index contributed by atoms with van der Waals surface area (Å²) in [4.78, 5) is 28.8. The minimum atomic E-state index is -0.412. The molecule has 0 aliphatic carbocycles. The van der Waals surface area contributed by atoms with Gasteiger partial charge in [0.25, 0.3) is 5.91 Å². The van der Waals surface area contributed by atoms with Crippen LogP contribution in [0.25, 0.3) is 0 Å². The van der Waals surface area contributed by atoms with Crippen LogP contribution in [0.4, 0.5) is 5.69 Å². The third-order valence-corrected chi connectivity index (χ3v) is 4.19. The van der Waals surface area contributed by atoms with E-state index in [0.29, 0.717) is 24.4 Å². The van der Waals surface area contributed by atoms with E-state index in [9.17, 15) is 9.59 Å². The van der Waals surface area contributed by atoms with Gasteiger partial charge in [0.15, 0.2) is 0 Å². The number of carbonyl (C=O) groups is 2. The van der Waals surface area contributed by atoms with Gasteiger partial charge in [-0.25, -0.2) is 0 Å². The molecule has 1 amide bonds. The number of hydrogen-bond acceptors (Lipinski definition) is 4. The van der Waals surface area contributed by atoms with Crippen molar-refractivity contribution >= 4 is 17.6 Å². The Morgan fingerprint density at radius 1 is 0.885 bits per heavy atom. The first kappa shape index (κ1) is 19.7. The summed E-state index contributed by atoms with van der Waals surface area (Å²) in [5.41, 5.74) is 1.20. The molecule has 0 saturated carbocycles. The topological polar surface area (TPSA) is 49.9 Å². The van der Waals surface area contributed by atoms with Gasteiger partial charge in [-0.05, 0) is 37.4 Å². The highest BCUT2D eigenvalue weighted by atomic mass is 16.5. The van der Waals surface area contributed by atoms with Crippen molar-refractivity contribution < 1.29 is 14.3 Å². The second-order valence-corrected chi connectivity index (χ2v) is 5.84. The first-order valence-corrected chi connectivity index (χ1v) is 8.95. The summed E-state index contributed by atoms with van der Waals surface area (Å²) in [7, 11) is 0. The number of benzene rings is 2. The largest absolute Gasteiger partial charge is 0.463 e. The van der Waals surface area contributed by atoms with E-state index in [4.69, 9.17) is 4.74 Å². The van der Waals surface area contributed by atoms with Gasteiger partial charge in [-0.2, -0.15) is 0 Å². The Labute approximate surface area is 155 Å². The van der Waals surface area contributed by atoms with Crippen molar-refractivity contribution in [3.8, 4) is 0 Å². The molecule has 2 rings (SSSR count). The molecular weight excluding hydrogens is 328 g/mol. The van der Waals surface area contributed by atoms with E-state index >= 15 is 0 Å². The monoisotopic (exact) mass is 354 g/mol. The molecule has 26 heavy (non-hydrogen) atoms. The SMILES string of the molecule is CCN(CC)CCOC(=O)CN(C(=O)c1ccccc1)c1ccccc1. The van der Waals surface area contributed by atoms with Crippen LogP contribution in [0, 0.1) is 0 Å². The maximum atomic E-state index is 12.9. The number of rotatable bonds is 9. The maximum absolute atomic E-state index is 12.9. The fraction of sp³-hybridized carbons (Fsp3) is 0.333. The Hall–Kier alpha value is -2.66. The van der Waals surface area contributed by atoms with Crippen molar-refractivity contribution in [3.63, 3.8) is 0 Å². The predicted octanol–water partition coefficient (Wildman–Crippen LogP) is 3.22. The summed E-state index contributed by atoms with van der Waals surface area (Å²) in [6.45, 7) is 6.87. The second kappa shape index (κ2) is 10.4. The molecule has 0 atom stereocenters. The average Bonchev–Trinajstić information content (AvgIpc) is 2.70. The van der Waals surface area contributed by atoms with Gasteiger partial charge in [0.05, 0.1) is 0 Å². The first-order valence-electron chi connectivity index (χ1n) is 8.95. The Balaban J connectivity index is 2.05. The maximum Gasteiger partial charge on any atom is 0.326 e. The number of anilines is 1. The number of amides is 1. The van der Waals surface area contributed by atoms with Gasteiger partial charge in [0, 0.05) is 17.8 Å². The van der Waals surface area contributed by atoms with Gasteiger partial charge in [-0.15, -0.1) is 0 Å². The minimum Gasteiger partial charge on any atom is -0.463 e. The molecule has 0 N–H and O–H groups in total. The molecule has 0 heterocycles. The number of hydrogen-bond donors (Lipinski definition) is 0. The lowest BCUT2D eigenvalue weighted by atomic mass is 10.2. The van der Waals surface area contributed by atoms with Crippen molar-refractivity contribution in [1.82, 2.24) is 4.90 Å². The molecule has 0 bridgehead atoms. The zero-order valence-corrected chi connectivity index (χ0v) is 15.4. The van der Waals surface area contributed by atoms with Crippen molar-refractivity contribution in [1.29, 1.82) is 0 Å². The van der Waals surface area contributed by atoms with Gasteiger partial charge < -0.3 is 9.64 Å². The van der Waals surface area contributed by atoms with Gasteiger partial charge in [0.1, 0.15) is 13.2 Å². The van der Waals surface area contributed by atoms with E-state index in [1.54, 1.807) is 24.3 Å². The number of nitrogens with zero attached hydrogens (tertiary/aromatic N) is 2. The van der Waals surface area contributed by atoms with Crippen LogP contribution >= 0.6 is 0 Å². The number of ether oxygens (including phenoxy) is 1. The summed E-state index contributed by atoms with van der Waals surface area (Å²) >= 11 is 0. The zero-order valence-electron chi connectivity index (χ0n) is 15.4. The van der Waals surface area contributed by atoms with Crippen LogP contribution < -0.4 is 4.90 Å². The van der Waals surface area contributed by atoms with Crippen molar-refractivity contribution in [2.24, 2.45) is 0 Å². The van der Waals surface area contributed by atoms with E-state index < -0.39 is 5.97 Å². The summed E-state index contributed by atoms with van der Waals surface area (Å²) in [6, 6.07) is 18.1. The molecule has 138 valence electrons. The molecule has 0 unspecified atom stereocenters. The fourth-order valence-electron chi connectivity index (χ4n) is 2.63. The van der Waals surface area contributed by atoms with Gasteiger partial charge in [0.2, 0.25) is 0 Å². The van der Waals surface area contributed by atoms with Crippen molar-refractivity contribution in [2.75, 3.05) is 37.7 Å². The normalized spacial score (nSPS) is 10.6.